The third-order valence-electron chi connectivity index (χ3n) is 3.16. The fourth-order valence-corrected chi connectivity index (χ4v) is 2.28. The zero-order chi connectivity index (χ0) is 16.1. The minimum Gasteiger partial charge on any atom is -0.323 e. The number of rotatable bonds is 5. The van der Waals surface area contributed by atoms with Gasteiger partial charge >= 0.3 is 0 Å². The SMILES string of the molecule is O=C(CCc1cccc(Cl)c1)Nc1cnc(-n2cccn2)nc1. The van der Waals surface area contributed by atoms with E-state index in [4.69, 9.17) is 11.6 Å². The van der Waals surface area contributed by atoms with E-state index < -0.39 is 0 Å². The molecule has 116 valence electrons. The van der Waals surface area contributed by atoms with Gasteiger partial charge in [-0.15, -0.1) is 0 Å². The van der Waals surface area contributed by atoms with Gasteiger partial charge in [-0.05, 0) is 30.2 Å². The van der Waals surface area contributed by atoms with E-state index in [1.807, 2.05) is 24.3 Å². The van der Waals surface area contributed by atoms with Crippen LogP contribution in [0.15, 0.2) is 55.1 Å². The summed E-state index contributed by atoms with van der Waals surface area (Å²) in [5.41, 5.74) is 1.58. The summed E-state index contributed by atoms with van der Waals surface area (Å²) in [6.07, 6.45) is 7.50. The summed E-state index contributed by atoms with van der Waals surface area (Å²) in [5.74, 6) is 0.354. The summed E-state index contributed by atoms with van der Waals surface area (Å²) in [6, 6.07) is 9.27. The van der Waals surface area contributed by atoms with Crippen molar-refractivity contribution in [2.24, 2.45) is 0 Å². The molecule has 3 rings (SSSR count). The van der Waals surface area contributed by atoms with Gasteiger partial charge in [-0.1, -0.05) is 23.7 Å². The van der Waals surface area contributed by atoms with Gasteiger partial charge in [0.25, 0.3) is 5.95 Å². The number of carbonyl (C=O) groups is 1. The molecule has 0 fully saturated rings. The van der Waals surface area contributed by atoms with Crippen LogP contribution >= 0.6 is 11.6 Å². The van der Waals surface area contributed by atoms with Crippen LogP contribution in [0, 0.1) is 0 Å². The average Bonchev–Trinajstić information content (AvgIpc) is 3.08. The lowest BCUT2D eigenvalue weighted by Gasteiger charge is -2.06. The zero-order valence-corrected chi connectivity index (χ0v) is 12.9. The fraction of sp³-hybridized carbons (Fsp3) is 0.125. The largest absolute Gasteiger partial charge is 0.323 e. The first-order valence-electron chi connectivity index (χ1n) is 7.07. The number of benzene rings is 1. The number of nitrogens with zero attached hydrogens (tertiary/aromatic N) is 4. The van der Waals surface area contributed by atoms with Crippen molar-refractivity contribution in [3.05, 3.63) is 65.7 Å². The Morgan fingerprint density at radius 3 is 2.74 bits per heavy atom. The third-order valence-corrected chi connectivity index (χ3v) is 3.40. The molecule has 0 saturated carbocycles. The summed E-state index contributed by atoms with van der Waals surface area (Å²) in [6.45, 7) is 0. The van der Waals surface area contributed by atoms with E-state index in [0.717, 1.165) is 5.56 Å². The zero-order valence-electron chi connectivity index (χ0n) is 12.2. The molecule has 6 nitrogen and oxygen atoms in total. The molecule has 0 bridgehead atoms. The highest BCUT2D eigenvalue weighted by molar-refractivity contribution is 6.30. The van der Waals surface area contributed by atoms with Gasteiger partial charge < -0.3 is 5.32 Å². The first-order valence-corrected chi connectivity index (χ1v) is 7.45. The number of anilines is 1. The maximum atomic E-state index is 12.0. The Balaban J connectivity index is 1.55. The lowest BCUT2D eigenvalue weighted by molar-refractivity contribution is -0.116. The number of hydrogen-bond acceptors (Lipinski definition) is 4. The molecule has 0 aliphatic carbocycles. The number of carbonyl (C=O) groups excluding carboxylic acids is 1. The monoisotopic (exact) mass is 327 g/mol. The highest BCUT2D eigenvalue weighted by atomic mass is 35.5. The average molecular weight is 328 g/mol. The summed E-state index contributed by atoms with van der Waals surface area (Å²) < 4.78 is 1.55. The molecule has 0 radical (unpaired) electrons. The van der Waals surface area contributed by atoms with Crippen LogP contribution in [0.4, 0.5) is 5.69 Å². The Labute approximate surface area is 138 Å². The van der Waals surface area contributed by atoms with Crippen molar-refractivity contribution in [2.45, 2.75) is 12.8 Å². The van der Waals surface area contributed by atoms with E-state index in [2.05, 4.69) is 20.4 Å². The molecule has 0 aliphatic rings. The normalized spacial score (nSPS) is 10.5. The van der Waals surface area contributed by atoms with Gasteiger partial charge in [-0.2, -0.15) is 5.10 Å². The van der Waals surface area contributed by atoms with Crippen LogP contribution < -0.4 is 5.32 Å². The Morgan fingerprint density at radius 1 is 1.22 bits per heavy atom. The van der Waals surface area contributed by atoms with E-state index >= 15 is 0 Å². The van der Waals surface area contributed by atoms with Crippen LogP contribution in [-0.4, -0.2) is 25.7 Å². The Hall–Kier alpha value is -2.73. The van der Waals surface area contributed by atoms with Crippen molar-refractivity contribution in [1.29, 1.82) is 0 Å². The maximum Gasteiger partial charge on any atom is 0.250 e. The molecule has 2 aromatic heterocycles. The molecule has 23 heavy (non-hydrogen) atoms. The quantitative estimate of drug-likeness (QED) is 0.782. The molecule has 1 aromatic carbocycles. The second-order valence-corrected chi connectivity index (χ2v) is 5.34. The number of halogens is 1. The van der Waals surface area contributed by atoms with Gasteiger partial charge in [-0.3, -0.25) is 4.79 Å². The predicted octanol–water partition coefficient (Wildman–Crippen LogP) is 2.89. The molecule has 0 aliphatic heterocycles. The number of nitrogens with one attached hydrogen (secondary N) is 1. The van der Waals surface area contributed by atoms with Crippen molar-refractivity contribution in [2.75, 3.05) is 5.32 Å². The second-order valence-electron chi connectivity index (χ2n) is 4.90. The summed E-state index contributed by atoms with van der Waals surface area (Å²) in [5, 5.41) is 7.49. The Kier molecular flexibility index (Phi) is 4.63. The van der Waals surface area contributed by atoms with Crippen LogP contribution in [0.3, 0.4) is 0 Å². The van der Waals surface area contributed by atoms with Crippen LogP contribution in [0.2, 0.25) is 5.02 Å². The number of hydrogen-bond donors (Lipinski definition) is 1. The number of aryl methyl sites for hydroxylation is 1. The minimum absolute atomic E-state index is 0.0968. The first-order chi connectivity index (χ1) is 11.2. The Bertz CT molecular complexity index is 786. The highest BCUT2D eigenvalue weighted by Gasteiger charge is 2.05. The fourth-order valence-electron chi connectivity index (χ4n) is 2.07. The number of amides is 1. The third kappa shape index (κ3) is 4.14. The lowest BCUT2D eigenvalue weighted by atomic mass is 10.1. The van der Waals surface area contributed by atoms with E-state index in [9.17, 15) is 4.79 Å². The molecular weight excluding hydrogens is 314 g/mol. The van der Waals surface area contributed by atoms with Crippen LogP contribution in [-0.2, 0) is 11.2 Å². The molecular formula is C16H14ClN5O. The van der Waals surface area contributed by atoms with Gasteiger partial charge in [0.2, 0.25) is 5.91 Å². The Morgan fingerprint density at radius 2 is 2.04 bits per heavy atom. The summed E-state index contributed by atoms with van der Waals surface area (Å²) in [7, 11) is 0. The molecule has 0 saturated heterocycles. The van der Waals surface area contributed by atoms with Crippen LogP contribution in [0.1, 0.15) is 12.0 Å². The van der Waals surface area contributed by atoms with Gasteiger partial charge in [0, 0.05) is 23.8 Å². The highest BCUT2D eigenvalue weighted by Crippen LogP contribution is 2.13. The predicted molar refractivity (Wildman–Crippen MR) is 87.6 cm³/mol. The van der Waals surface area contributed by atoms with E-state index in [1.54, 1.807) is 35.5 Å². The summed E-state index contributed by atoms with van der Waals surface area (Å²) in [4.78, 5) is 20.3. The smallest absolute Gasteiger partial charge is 0.250 e. The molecule has 1 N–H and O–H groups in total. The molecule has 7 heteroatoms. The maximum absolute atomic E-state index is 12.0. The van der Waals surface area contributed by atoms with Crippen LogP contribution in [0.25, 0.3) is 5.95 Å². The van der Waals surface area contributed by atoms with Gasteiger partial charge in [0.1, 0.15) is 0 Å². The first kappa shape index (κ1) is 15.2. The minimum atomic E-state index is -0.0968. The molecule has 0 atom stereocenters. The second kappa shape index (κ2) is 7.02. The molecule has 0 unspecified atom stereocenters. The van der Waals surface area contributed by atoms with E-state index in [0.29, 0.717) is 29.5 Å². The van der Waals surface area contributed by atoms with Crippen molar-refractivity contribution >= 4 is 23.2 Å². The van der Waals surface area contributed by atoms with Gasteiger partial charge in [-0.25, -0.2) is 14.6 Å². The van der Waals surface area contributed by atoms with Crippen molar-refractivity contribution in [1.82, 2.24) is 19.7 Å². The van der Waals surface area contributed by atoms with Crippen molar-refractivity contribution < 1.29 is 4.79 Å². The van der Waals surface area contributed by atoms with E-state index in [1.165, 1.54) is 0 Å². The molecule has 0 spiro atoms. The molecule has 2 heterocycles. The van der Waals surface area contributed by atoms with Crippen molar-refractivity contribution in [3.8, 4) is 5.95 Å². The summed E-state index contributed by atoms with van der Waals surface area (Å²) >= 11 is 5.92. The standard InChI is InChI=1S/C16H14ClN5O/c17-13-4-1-3-12(9-13)5-6-15(23)21-14-10-18-16(19-11-14)22-8-2-7-20-22/h1-4,7-11H,5-6H2,(H,21,23). The van der Waals surface area contributed by atoms with E-state index in [-0.39, 0.29) is 5.91 Å². The van der Waals surface area contributed by atoms with Crippen molar-refractivity contribution in [3.63, 3.8) is 0 Å². The molecule has 1 amide bonds. The van der Waals surface area contributed by atoms with Gasteiger partial charge in [0.15, 0.2) is 0 Å². The van der Waals surface area contributed by atoms with Crippen LogP contribution in [0.5, 0.6) is 0 Å². The lowest BCUT2D eigenvalue weighted by Crippen LogP contribution is -2.13. The number of aromatic nitrogens is 4. The molecule has 3 aromatic rings. The van der Waals surface area contributed by atoms with Gasteiger partial charge in [0.05, 0.1) is 18.1 Å². The topological polar surface area (TPSA) is 72.7 Å².